The maximum Gasteiger partial charge on any atom is 0.338 e. The number of amides is 1. The van der Waals surface area contributed by atoms with Crippen LogP contribution in [0.3, 0.4) is 0 Å². The van der Waals surface area contributed by atoms with Crippen LogP contribution >= 0.6 is 0 Å². The SMILES string of the molecule is C[C@H](OC(=O)C1=Cc2ccccc2OC1)C(=O)NC[C@H]1CCCO1. The van der Waals surface area contributed by atoms with E-state index in [1.165, 1.54) is 0 Å². The Bertz CT molecular complexity index is 649. The zero-order chi connectivity index (χ0) is 16.9. The van der Waals surface area contributed by atoms with Crippen LogP contribution in [0.2, 0.25) is 0 Å². The molecule has 1 aromatic rings. The summed E-state index contributed by atoms with van der Waals surface area (Å²) in [5.74, 6) is -0.128. The van der Waals surface area contributed by atoms with E-state index in [-0.39, 0.29) is 18.6 Å². The van der Waals surface area contributed by atoms with Gasteiger partial charge < -0.3 is 19.5 Å². The summed E-state index contributed by atoms with van der Waals surface area (Å²) < 4.78 is 16.2. The summed E-state index contributed by atoms with van der Waals surface area (Å²) in [6, 6.07) is 7.44. The van der Waals surface area contributed by atoms with Crippen LogP contribution in [0.15, 0.2) is 29.8 Å². The minimum Gasteiger partial charge on any atom is -0.488 e. The van der Waals surface area contributed by atoms with Crippen molar-refractivity contribution in [3.8, 4) is 5.75 Å². The van der Waals surface area contributed by atoms with Gasteiger partial charge in [-0.15, -0.1) is 0 Å². The topological polar surface area (TPSA) is 73.9 Å². The maximum atomic E-state index is 12.2. The molecule has 0 unspecified atom stereocenters. The highest BCUT2D eigenvalue weighted by atomic mass is 16.6. The second-order valence-corrected chi connectivity index (χ2v) is 5.92. The zero-order valence-corrected chi connectivity index (χ0v) is 13.6. The minimum atomic E-state index is -0.864. The summed E-state index contributed by atoms with van der Waals surface area (Å²) >= 11 is 0. The molecule has 0 radical (unpaired) electrons. The number of nitrogens with one attached hydrogen (secondary N) is 1. The molecular weight excluding hydrogens is 310 g/mol. The molecule has 1 saturated heterocycles. The molecule has 1 N–H and O–H groups in total. The Labute approximate surface area is 140 Å². The number of ether oxygens (including phenoxy) is 3. The van der Waals surface area contributed by atoms with Crippen molar-refractivity contribution in [1.29, 1.82) is 0 Å². The Morgan fingerprint density at radius 3 is 3.00 bits per heavy atom. The highest BCUT2D eigenvalue weighted by molar-refractivity contribution is 5.96. The van der Waals surface area contributed by atoms with Crippen LogP contribution in [0.5, 0.6) is 5.75 Å². The van der Waals surface area contributed by atoms with Gasteiger partial charge in [0.05, 0.1) is 11.7 Å². The van der Waals surface area contributed by atoms with E-state index >= 15 is 0 Å². The average Bonchev–Trinajstić information content (AvgIpc) is 3.12. The van der Waals surface area contributed by atoms with Crippen LogP contribution in [-0.4, -0.2) is 43.8 Å². The van der Waals surface area contributed by atoms with Crippen molar-refractivity contribution in [3.63, 3.8) is 0 Å². The van der Waals surface area contributed by atoms with Gasteiger partial charge in [-0.25, -0.2) is 4.79 Å². The van der Waals surface area contributed by atoms with E-state index in [2.05, 4.69) is 5.32 Å². The van der Waals surface area contributed by atoms with E-state index in [9.17, 15) is 9.59 Å². The van der Waals surface area contributed by atoms with Crippen LogP contribution in [0.25, 0.3) is 6.08 Å². The molecule has 6 nitrogen and oxygen atoms in total. The summed E-state index contributed by atoms with van der Waals surface area (Å²) in [4.78, 5) is 24.2. The molecule has 0 aromatic heterocycles. The van der Waals surface area contributed by atoms with E-state index in [0.29, 0.717) is 12.1 Å². The van der Waals surface area contributed by atoms with Crippen molar-refractivity contribution in [1.82, 2.24) is 5.32 Å². The molecule has 1 aromatic carbocycles. The Balaban J connectivity index is 1.52. The van der Waals surface area contributed by atoms with Crippen molar-refractivity contribution in [3.05, 3.63) is 35.4 Å². The number of hydrogen-bond donors (Lipinski definition) is 1. The second kappa shape index (κ2) is 7.49. The third-order valence-electron chi connectivity index (χ3n) is 4.08. The first kappa shape index (κ1) is 16.5. The number of fused-ring (bicyclic) bond motifs is 1. The molecule has 3 rings (SSSR count). The summed E-state index contributed by atoms with van der Waals surface area (Å²) in [5.41, 5.74) is 1.22. The molecule has 2 aliphatic rings. The molecular formula is C18H21NO5. The third-order valence-corrected chi connectivity index (χ3v) is 4.08. The number of para-hydroxylation sites is 1. The molecule has 6 heteroatoms. The van der Waals surface area contributed by atoms with Crippen LogP contribution in [-0.2, 0) is 19.1 Å². The van der Waals surface area contributed by atoms with Crippen molar-refractivity contribution in [2.45, 2.75) is 32.0 Å². The number of carbonyl (C=O) groups is 2. The van der Waals surface area contributed by atoms with Crippen LogP contribution < -0.4 is 10.1 Å². The Morgan fingerprint density at radius 2 is 2.21 bits per heavy atom. The van der Waals surface area contributed by atoms with Gasteiger partial charge in [-0.05, 0) is 31.9 Å². The molecule has 1 fully saturated rings. The molecule has 0 aliphatic carbocycles. The molecule has 2 atom stereocenters. The van der Waals surface area contributed by atoms with Crippen molar-refractivity contribution >= 4 is 18.0 Å². The third kappa shape index (κ3) is 3.94. The van der Waals surface area contributed by atoms with Crippen molar-refractivity contribution in [2.24, 2.45) is 0 Å². The number of carbonyl (C=O) groups excluding carboxylic acids is 2. The predicted octanol–water partition coefficient (Wildman–Crippen LogP) is 1.69. The largest absolute Gasteiger partial charge is 0.488 e. The molecule has 0 saturated carbocycles. The first-order chi connectivity index (χ1) is 11.6. The lowest BCUT2D eigenvalue weighted by molar-refractivity contribution is -0.151. The lowest BCUT2D eigenvalue weighted by Crippen LogP contribution is -2.40. The summed E-state index contributed by atoms with van der Waals surface area (Å²) in [6.07, 6.45) is 2.89. The Hall–Kier alpha value is -2.34. The molecule has 0 spiro atoms. The summed E-state index contributed by atoms with van der Waals surface area (Å²) in [6.45, 7) is 2.88. The van der Waals surface area contributed by atoms with Gasteiger partial charge in [-0.3, -0.25) is 4.79 Å². The fourth-order valence-corrected chi connectivity index (χ4v) is 2.69. The van der Waals surface area contributed by atoms with Gasteiger partial charge in [0.15, 0.2) is 6.10 Å². The van der Waals surface area contributed by atoms with Crippen molar-refractivity contribution < 1.29 is 23.8 Å². The fraction of sp³-hybridized carbons (Fsp3) is 0.444. The fourth-order valence-electron chi connectivity index (χ4n) is 2.69. The van der Waals surface area contributed by atoms with Crippen LogP contribution in [0.1, 0.15) is 25.3 Å². The van der Waals surface area contributed by atoms with Gasteiger partial charge in [0.25, 0.3) is 5.91 Å². The van der Waals surface area contributed by atoms with Gasteiger partial charge in [-0.2, -0.15) is 0 Å². The quantitative estimate of drug-likeness (QED) is 0.831. The first-order valence-corrected chi connectivity index (χ1v) is 8.16. The predicted molar refractivity (Wildman–Crippen MR) is 87.5 cm³/mol. The standard InChI is InChI=1S/C18H21NO5/c1-12(17(20)19-10-15-6-4-8-22-15)24-18(21)14-9-13-5-2-3-7-16(13)23-11-14/h2-3,5,7,9,12,15H,4,6,8,10-11H2,1H3,(H,19,20)/t12-,15+/m0/s1. The van der Waals surface area contributed by atoms with E-state index in [1.807, 2.05) is 24.3 Å². The molecule has 1 amide bonds. The van der Waals surface area contributed by atoms with E-state index in [0.717, 1.165) is 30.8 Å². The maximum absolute atomic E-state index is 12.2. The molecule has 0 bridgehead atoms. The zero-order valence-electron chi connectivity index (χ0n) is 13.6. The number of benzene rings is 1. The number of esters is 1. The van der Waals surface area contributed by atoms with E-state index < -0.39 is 12.1 Å². The lowest BCUT2D eigenvalue weighted by atomic mass is 10.1. The molecule has 2 aliphatic heterocycles. The molecule has 128 valence electrons. The van der Waals surface area contributed by atoms with E-state index in [4.69, 9.17) is 14.2 Å². The average molecular weight is 331 g/mol. The van der Waals surface area contributed by atoms with Gasteiger partial charge in [-0.1, -0.05) is 18.2 Å². The first-order valence-electron chi connectivity index (χ1n) is 8.16. The van der Waals surface area contributed by atoms with Crippen molar-refractivity contribution in [2.75, 3.05) is 19.8 Å². The highest BCUT2D eigenvalue weighted by Gasteiger charge is 2.24. The van der Waals surface area contributed by atoms with Gasteiger partial charge >= 0.3 is 5.97 Å². The number of hydrogen-bond acceptors (Lipinski definition) is 5. The summed E-state index contributed by atoms with van der Waals surface area (Å²) in [5, 5.41) is 2.76. The second-order valence-electron chi connectivity index (χ2n) is 5.92. The summed E-state index contributed by atoms with van der Waals surface area (Å²) in [7, 11) is 0. The smallest absolute Gasteiger partial charge is 0.338 e. The highest BCUT2D eigenvalue weighted by Crippen LogP contribution is 2.26. The van der Waals surface area contributed by atoms with Gasteiger partial charge in [0, 0.05) is 18.7 Å². The molecule has 2 heterocycles. The van der Waals surface area contributed by atoms with Crippen LogP contribution in [0, 0.1) is 0 Å². The van der Waals surface area contributed by atoms with E-state index in [1.54, 1.807) is 13.0 Å². The lowest BCUT2D eigenvalue weighted by Gasteiger charge is -2.19. The monoisotopic (exact) mass is 331 g/mol. The molecule has 24 heavy (non-hydrogen) atoms. The van der Waals surface area contributed by atoms with Crippen LogP contribution in [0.4, 0.5) is 0 Å². The number of rotatable bonds is 5. The van der Waals surface area contributed by atoms with Gasteiger partial charge in [0.1, 0.15) is 12.4 Å². The minimum absolute atomic E-state index is 0.0582. The normalized spacial score (nSPS) is 20.4. The Kier molecular flexibility index (Phi) is 5.15. The Morgan fingerprint density at radius 1 is 1.38 bits per heavy atom. The van der Waals surface area contributed by atoms with Gasteiger partial charge in [0.2, 0.25) is 0 Å².